The average molecular weight is 465 g/mol. The van der Waals surface area contributed by atoms with Crippen LogP contribution in [-0.4, -0.2) is 48.3 Å². The van der Waals surface area contributed by atoms with E-state index in [9.17, 15) is 23.2 Å². The minimum Gasteiger partial charge on any atom is -0.497 e. The third-order valence-corrected chi connectivity index (χ3v) is 5.48. The van der Waals surface area contributed by atoms with Gasteiger partial charge in [-0.2, -0.15) is 0 Å². The molecule has 0 aliphatic carbocycles. The predicted molar refractivity (Wildman–Crippen MR) is 115 cm³/mol. The van der Waals surface area contributed by atoms with Crippen LogP contribution >= 0.6 is 11.8 Å². The summed E-state index contributed by atoms with van der Waals surface area (Å²) in [6.45, 7) is 0. The number of thioether (sulfide) groups is 1. The fraction of sp³-hybridized carbons (Fsp3) is 0.250. The Morgan fingerprint density at radius 2 is 1.97 bits per heavy atom. The molecule has 12 heteroatoms. The smallest absolute Gasteiger partial charge is 0.252 e. The number of methoxy groups -OCH3 is 1. The van der Waals surface area contributed by atoms with E-state index >= 15 is 0 Å². The van der Waals surface area contributed by atoms with Crippen LogP contribution in [0.1, 0.15) is 10.4 Å². The maximum absolute atomic E-state index is 13.3. The molecule has 6 N–H and O–H groups in total. The monoisotopic (exact) mass is 465 g/mol. The molecule has 3 rings (SSSR count). The standard InChI is InChI=1S/C20H21F2N5O4S/c1-31-12-4-2-3-11(8-12)24-15(28)9-32-20-26-17(23)16(19(30)27-20)25-18(29)10-5-6-13(21)14(22)7-10/h2-8,16-17,20,26H,9,23H2,1H3,(H,24,28)(H,25,29)(H,27,30). The van der Waals surface area contributed by atoms with Gasteiger partial charge in [0, 0.05) is 17.3 Å². The summed E-state index contributed by atoms with van der Waals surface area (Å²) >= 11 is 1.09. The number of anilines is 1. The average Bonchev–Trinajstić information content (AvgIpc) is 2.76. The van der Waals surface area contributed by atoms with Gasteiger partial charge in [0.25, 0.3) is 5.91 Å². The number of carbonyl (C=O) groups is 3. The second-order valence-electron chi connectivity index (χ2n) is 6.75. The van der Waals surface area contributed by atoms with Gasteiger partial charge in [-0.05, 0) is 30.3 Å². The molecule has 1 heterocycles. The number of hydrogen-bond acceptors (Lipinski definition) is 7. The van der Waals surface area contributed by atoms with Gasteiger partial charge >= 0.3 is 0 Å². The molecular formula is C20H21F2N5O4S. The molecule has 0 aromatic heterocycles. The summed E-state index contributed by atoms with van der Waals surface area (Å²) < 4.78 is 31.5. The number of carbonyl (C=O) groups excluding carboxylic acids is 3. The SMILES string of the molecule is COc1cccc(NC(=O)CSC2NC(=O)C(NC(=O)c3ccc(F)c(F)c3)C(N)N2)c1. The van der Waals surface area contributed by atoms with Crippen molar-refractivity contribution in [3.8, 4) is 5.75 Å². The Balaban J connectivity index is 1.50. The van der Waals surface area contributed by atoms with Crippen molar-refractivity contribution >= 4 is 35.2 Å². The normalized spacial score (nSPS) is 20.2. The molecule has 3 amide bonds. The lowest BCUT2D eigenvalue weighted by atomic mass is 10.1. The highest BCUT2D eigenvalue weighted by Gasteiger charge is 2.35. The van der Waals surface area contributed by atoms with Crippen molar-refractivity contribution in [1.82, 2.24) is 16.0 Å². The lowest BCUT2D eigenvalue weighted by Crippen LogP contribution is -2.70. The summed E-state index contributed by atoms with van der Waals surface area (Å²) in [5, 5.41) is 10.6. The van der Waals surface area contributed by atoms with Crippen molar-refractivity contribution in [1.29, 1.82) is 0 Å². The molecule has 170 valence electrons. The maximum Gasteiger partial charge on any atom is 0.252 e. The zero-order valence-corrected chi connectivity index (χ0v) is 17.7. The Kier molecular flexibility index (Phi) is 7.62. The first kappa shape index (κ1) is 23.4. The summed E-state index contributed by atoms with van der Waals surface area (Å²) in [7, 11) is 1.52. The fourth-order valence-electron chi connectivity index (χ4n) is 2.86. The van der Waals surface area contributed by atoms with Crippen molar-refractivity contribution in [3.05, 3.63) is 59.7 Å². The van der Waals surface area contributed by atoms with Crippen molar-refractivity contribution in [2.45, 2.75) is 17.7 Å². The Morgan fingerprint density at radius 3 is 2.66 bits per heavy atom. The van der Waals surface area contributed by atoms with Crippen LogP contribution < -0.4 is 31.7 Å². The van der Waals surface area contributed by atoms with E-state index in [2.05, 4.69) is 21.3 Å². The molecule has 1 saturated heterocycles. The number of ether oxygens (including phenoxy) is 1. The molecule has 2 aromatic carbocycles. The second-order valence-corrected chi connectivity index (χ2v) is 7.85. The van der Waals surface area contributed by atoms with Gasteiger partial charge in [0.15, 0.2) is 11.6 Å². The van der Waals surface area contributed by atoms with Crippen molar-refractivity contribution < 1.29 is 27.9 Å². The summed E-state index contributed by atoms with van der Waals surface area (Å²) in [4.78, 5) is 36.8. The third-order valence-electron chi connectivity index (χ3n) is 4.46. The van der Waals surface area contributed by atoms with Crippen LogP contribution in [-0.2, 0) is 9.59 Å². The van der Waals surface area contributed by atoms with Crippen LogP contribution in [0.3, 0.4) is 0 Å². The lowest BCUT2D eigenvalue weighted by Gasteiger charge is -2.35. The number of hydrogen-bond donors (Lipinski definition) is 5. The van der Waals surface area contributed by atoms with Gasteiger partial charge in [-0.3, -0.25) is 19.7 Å². The second kappa shape index (κ2) is 10.4. The van der Waals surface area contributed by atoms with Crippen molar-refractivity contribution in [2.75, 3.05) is 18.2 Å². The molecule has 3 atom stereocenters. The number of amides is 3. The van der Waals surface area contributed by atoms with Crippen molar-refractivity contribution in [2.24, 2.45) is 5.73 Å². The van der Waals surface area contributed by atoms with Gasteiger partial charge in [-0.15, -0.1) is 11.8 Å². The van der Waals surface area contributed by atoms with E-state index < -0.39 is 41.2 Å². The highest BCUT2D eigenvalue weighted by molar-refractivity contribution is 8.00. The molecule has 1 aliphatic heterocycles. The zero-order valence-electron chi connectivity index (χ0n) is 16.9. The molecule has 3 unspecified atom stereocenters. The van der Waals surface area contributed by atoms with Crippen LogP contribution in [0.15, 0.2) is 42.5 Å². The molecule has 0 bridgehead atoms. The molecule has 0 radical (unpaired) electrons. The third kappa shape index (κ3) is 5.93. The quantitative estimate of drug-likeness (QED) is 0.407. The van der Waals surface area contributed by atoms with Crippen LogP contribution in [0.5, 0.6) is 5.75 Å². The molecule has 9 nitrogen and oxygen atoms in total. The van der Waals surface area contributed by atoms with E-state index in [1.807, 2.05) is 0 Å². The Labute approximate surface area is 186 Å². The number of benzene rings is 2. The van der Waals surface area contributed by atoms with Crippen molar-refractivity contribution in [3.63, 3.8) is 0 Å². The van der Waals surface area contributed by atoms with E-state index in [1.54, 1.807) is 24.3 Å². The first-order valence-corrected chi connectivity index (χ1v) is 10.4. The minimum absolute atomic E-state index is 0.00770. The zero-order chi connectivity index (χ0) is 23.3. The first-order valence-electron chi connectivity index (χ1n) is 9.40. The highest BCUT2D eigenvalue weighted by atomic mass is 32.2. The van der Waals surface area contributed by atoms with Crippen LogP contribution in [0.4, 0.5) is 14.5 Å². The van der Waals surface area contributed by atoms with E-state index in [4.69, 9.17) is 10.5 Å². The van der Waals surface area contributed by atoms with Gasteiger partial charge in [0.2, 0.25) is 11.8 Å². The van der Waals surface area contributed by atoms with Gasteiger partial charge in [-0.1, -0.05) is 6.07 Å². The minimum atomic E-state index is -1.18. The number of nitrogens with two attached hydrogens (primary N) is 1. The molecule has 1 fully saturated rings. The Bertz CT molecular complexity index is 1030. The molecule has 1 aliphatic rings. The molecule has 0 saturated carbocycles. The van der Waals surface area contributed by atoms with Crippen LogP contribution in [0, 0.1) is 11.6 Å². The van der Waals surface area contributed by atoms with Gasteiger partial charge in [-0.25, -0.2) is 8.78 Å². The van der Waals surface area contributed by atoms with E-state index in [0.717, 1.165) is 30.0 Å². The van der Waals surface area contributed by atoms with E-state index in [-0.39, 0.29) is 17.2 Å². The first-order chi connectivity index (χ1) is 15.3. The van der Waals surface area contributed by atoms with Gasteiger partial charge in [0.1, 0.15) is 17.3 Å². The van der Waals surface area contributed by atoms with E-state index in [0.29, 0.717) is 11.4 Å². The summed E-state index contributed by atoms with van der Waals surface area (Å²) in [6.07, 6.45) is -0.975. The molecule has 32 heavy (non-hydrogen) atoms. The molecule has 2 aromatic rings. The number of halogens is 2. The fourth-order valence-corrected chi connectivity index (χ4v) is 3.70. The Hall–Kier alpha value is -3.22. The largest absolute Gasteiger partial charge is 0.497 e. The maximum atomic E-state index is 13.3. The van der Waals surface area contributed by atoms with Gasteiger partial charge < -0.3 is 26.4 Å². The topological polar surface area (TPSA) is 135 Å². The summed E-state index contributed by atoms with van der Waals surface area (Å²) in [5.74, 6) is -3.35. The van der Waals surface area contributed by atoms with E-state index in [1.165, 1.54) is 7.11 Å². The number of rotatable bonds is 7. The molecule has 0 spiro atoms. The van der Waals surface area contributed by atoms with Crippen LogP contribution in [0.25, 0.3) is 0 Å². The lowest BCUT2D eigenvalue weighted by molar-refractivity contribution is -0.125. The molecular weight excluding hydrogens is 444 g/mol. The number of nitrogens with one attached hydrogen (secondary N) is 4. The predicted octanol–water partition coefficient (Wildman–Crippen LogP) is 0.731. The van der Waals surface area contributed by atoms with Crippen LogP contribution in [0.2, 0.25) is 0 Å². The Morgan fingerprint density at radius 1 is 1.19 bits per heavy atom. The summed E-state index contributed by atoms with van der Waals surface area (Å²) in [5.41, 5.74) is 5.68. The summed E-state index contributed by atoms with van der Waals surface area (Å²) in [6, 6.07) is 8.33. The van der Waals surface area contributed by atoms with Gasteiger partial charge in [0.05, 0.1) is 19.0 Å². The highest BCUT2D eigenvalue weighted by Crippen LogP contribution is 2.18.